The number of hydrogen-bond donors (Lipinski definition) is 2. The van der Waals surface area contributed by atoms with Gasteiger partial charge >= 0.3 is 0 Å². The van der Waals surface area contributed by atoms with Crippen LogP contribution in [0, 0.1) is 0 Å². The minimum Gasteiger partial charge on any atom is -0.336 e. The van der Waals surface area contributed by atoms with Crippen molar-refractivity contribution in [1.82, 2.24) is 19.8 Å². The molecule has 1 aliphatic rings. The summed E-state index contributed by atoms with van der Waals surface area (Å²) in [5.41, 5.74) is 21.5. The number of nitrogens with one attached hydrogen (secondary N) is 2. The van der Waals surface area contributed by atoms with E-state index in [9.17, 15) is 0 Å². The second-order valence-corrected chi connectivity index (χ2v) is 41.9. The van der Waals surface area contributed by atoms with E-state index in [1.54, 1.807) is 0 Å². The molecule has 0 saturated heterocycles. The molecule has 3 heterocycles. The second-order valence-electron chi connectivity index (χ2n) is 34.3. The highest BCUT2D eigenvalue weighted by Gasteiger charge is 2.48. The van der Waals surface area contributed by atoms with Gasteiger partial charge in [0.05, 0.1) is 22.1 Å². The zero-order valence-corrected chi connectivity index (χ0v) is 70.5. The SMILES string of the molecule is CC(C)(C)c1ccc2c(c1)c1cc(C(C)(C)C)ccc1n2C1N=C(n2c3ccccc3c3ccccc32)NC(c2cc([Si](c3cccc(-c4ccccc4)c3)(c3cccc(-c4ccccc4)c3)c3cccc(-c4ccccc4)c3)cc([Si](c3cccc(-c4ccccc4)c3)(c3cccc(-c4ccccc4)c3)c3cccc(-c4ccccc4)c3)c2)N1. The van der Waals surface area contributed by atoms with Gasteiger partial charge in [-0.3, -0.25) is 9.88 Å². The normalized spacial score (nSPS) is 14.0. The Morgan fingerprint density at radius 3 is 0.808 bits per heavy atom. The summed E-state index contributed by atoms with van der Waals surface area (Å²) in [4.78, 5) is 6.18. The zero-order chi connectivity index (χ0) is 81.1. The first-order chi connectivity index (χ1) is 58.7. The second kappa shape index (κ2) is 30.9. The standard InChI is InChI=1S/C113H93N5Si2/c1-112(2,3)91-63-65-107-103(75-91)104-76-92(113(4,5)6)64-66-108(104)118(107)111-115-109(114-110(116-111)117-105-61-27-25-59-101(105)102-60-26-28-62-106(102)117)90-73-99(119(93-53-29-47-84(67-93)78-35-13-7-14-36-78,94-54-30-48-85(68-94)79-37-15-8-16-38-79)95-55-31-49-86(69-95)80-39-17-9-18-40-80)77-100(74-90)120(96-56-32-50-87(70-96)81-41-19-10-20-42-81,97-57-33-51-88(71-97)82-43-21-11-22-44-82)98-58-34-52-89(72-98)83-45-23-12-24-46-83/h7-77,109,111,115H,1-6H3,(H,114,116). The van der Waals surface area contributed by atoms with Crippen LogP contribution in [0.3, 0.4) is 0 Å². The van der Waals surface area contributed by atoms with E-state index in [1.807, 2.05) is 0 Å². The molecule has 1 aliphatic heterocycles. The van der Waals surface area contributed by atoms with E-state index in [1.165, 1.54) is 63.4 Å². The van der Waals surface area contributed by atoms with Crippen molar-refractivity contribution in [3.63, 3.8) is 0 Å². The Morgan fingerprint density at radius 1 is 0.242 bits per heavy atom. The molecular formula is C113H93N5Si2. The van der Waals surface area contributed by atoms with Crippen LogP contribution in [-0.4, -0.2) is 31.2 Å². The maximum atomic E-state index is 6.18. The van der Waals surface area contributed by atoms with Crippen LogP contribution in [-0.2, 0) is 10.8 Å². The van der Waals surface area contributed by atoms with Gasteiger partial charge in [0.15, 0.2) is 22.4 Å². The molecule has 0 saturated carbocycles. The third-order valence-corrected chi connectivity index (χ3v) is 34.3. The molecule has 0 spiro atoms. The Bertz CT molecular complexity index is 6260. The Balaban J connectivity index is 0.973. The van der Waals surface area contributed by atoms with Gasteiger partial charge in [-0.25, -0.2) is 4.99 Å². The fourth-order valence-corrected chi connectivity index (χ4v) is 28.9. The van der Waals surface area contributed by atoms with Crippen molar-refractivity contribution in [2.75, 3.05) is 0 Å². The van der Waals surface area contributed by atoms with Gasteiger partial charge in [0.25, 0.3) is 0 Å². The lowest BCUT2D eigenvalue weighted by molar-refractivity contribution is 0.337. The average Bonchev–Trinajstić information content (AvgIpc) is 1.03. The summed E-state index contributed by atoms with van der Waals surface area (Å²) >= 11 is 0. The van der Waals surface area contributed by atoms with Gasteiger partial charge in [-0.1, -0.05) is 436 Å². The summed E-state index contributed by atoms with van der Waals surface area (Å²) in [5.74, 6) is 0.733. The number of aliphatic imine (C=N–C) groups is 1. The minimum absolute atomic E-state index is 0.118. The smallest absolute Gasteiger partial charge is 0.208 e. The fraction of sp³-hybridized carbons (Fsp3) is 0.0885. The van der Waals surface area contributed by atoms with E-state index in [2.05, 4.69) is 492 Å². The highest BCUT2D eigenvalue weighted by atomic mass is 28.3. The van der Waals surface area contributed by atoms with E-state index >= 15 is 0 Å². The molecular weight excluding hydrogens is 1480 g/mol. The molecule has 2 N–H and O–H groups in total. The van der Waals surface area contributed by atoms with E-state index in [4.69, 9.17) is 4.99 Å². The van der Waals surface area contributed by atoms with Gasteiger partial charge < -0.3 is 9.88 Å². The van der Waals surface area contributed by atoms with Gasteiger partial charge in [-0.15, -0.1) is 0 Å². The summed E-state index contributed by atoms with van der Waals surface area (Å²) in [6.07, 6.45) is -1.30. The van der Waals surface area contributed by atoms with Crippen LogP contribution < -0.4 is 52.1 Å². The maximum Gasteiger partial charge on any atom is 0.208 e. The van der Waals surface area contributed by atoms with Crippen LogP contribution in [0.2, 0.25) is 0 Å². The number of benzene rings is 17. The molecule has 20 rings (SSSR count). The molecule has 7 heteroatoms. The molecule has 0 amide bonds. The topological polar surface area (TPSA) is 46.3 Å². The predicted octanol–water partition coefficient (Wildman–Crippen LogP) is 22.5. The molecule has 2 aromatic heterocycles. The molecule has 0 bridgehead atoms. The lowest BCUT2D eigenvalue weighted by atomic mass is 9.85. The van der Waals surface area contributed by atoms with Crippen molar-refractivity contribution in [3.05, 3.63) is 447 Å². The van der Waals surface area contributed by atoms with Crippen LogP contribution in [0.15, 0.2) is 436 Å². The maximum absolute atomic E-state index is 6.18. The van der Waals surface area contributed by atoms with Gasteiger partial charge in [0.1, 0.15) is 6.17 Å². The lowest BCUT2D eigenvalue weighted by Gasteiger charge is -2.40. The molecule has 120 heavy (non-hydrogen) atoms. The van der Waals surface area contributed by atoms with Crippen molar-refractivity contribution in [2.24, 2.45) is 4.99 Å². The lowest BCUT2D eigenvalue weighted by Crippen LogP contribution is -2.78. The first kappa shape index (κ1) is 75.0. The quantitative estimate of drug-likeness (QED) is 0.0748. The largest absolute Gasteiger partial charge is 0.336 e. The summed E-state index contributed by atoms with van der Waals surface area (Å²) in [6.45, 7) is 14.0. The van der Waals surface area contributed by atoms with Crippen LogP contribution >= 0.6 is 0 Å². The number of fused-ring (bicyclic) bond motifs is 6. The summed E-state index contributed by atoms with van der Waals surface area (Å²) < 4.78 is 4.91. The van der Waals surface area contributed by atoms with Crippen LogP contribution in [0.25, 0.3) is 110 Å². The van der Waals surface area contributed by atoms with E-state index < -0.39 is 28.6 Å². The molecule has 5 nitrogen and oxygen atoms in total. The van der Waals surface area contributed by atoms with Gasteiger partial charge in [-0.2, -0.15) is 0 Å². The van der Waals surface area contributed by atoms with Gasteiger partial charge in [0, 0.05) is 21.5 Å². The Morgan fingerprint density at radius 2 is 0.517 bits per heavy atom. The van der Waals surface area contributed by atoms with Gasteiger partial charge in [0.2, 0.25) is 5.96 Å². The predicted molar refractivity (Wildman–Crippen MR) is 513 cm³/mol. The Kier molecular flexibility index (Phi) is 19.3. The third kappa shape index (κ3) is 13.5. The van der Waals surface area contributed by atoms with Crippen LogP contribution in [0.4, 0.5) is 0 Å². The summed E-state index contributed by atoms with van der Waals surface area (Å²) in [5, 5.41) is 23.6. The molecule has 2 unspecified atom stereocenters. The number of para-hydroxylation sites is 2. The van der Waals surface area contributed by atoms with Crippen molar-refractivity contribution < 1.29 is 0 Å². The van der Waals surface area contributed by atoms with Crippen LogP contribution in [0.5, 0.6) is 0 Å². The highest BCUT2D eigenvalue weighted by molar-refractivity contribution is 7.22. The minimum atomic E-state index is -3.89. The van der Waals surface area contributed by atoms with Crippen molar-refractivity contribution in [3.8, 4) is 66.8 Å². The van der Waals surface area contributed by atoms with Crippen molar-refractivity contribution in [2.45, 2.75) is 64.8 Å². The zero-order valence-electron chi connectivity index (χ0n) is 68.5. The molecule has 0 aliphatic carbocycles. The summed E-state index contributed by atoms with van der Waals surface area (Å²) in [6, 6.07) is 164. The molecule has 578 valence electrons. The average molecular weight is 1580 g/mol. The Hall–Kier alpha value is -13.8. The first-order valence-corrected chi connectivity index (χ1v) is 46.0. The number of rotatable bonds is 16. The van der Waals surface area contributed by atoms with E-state index in [0.717, 1.165) is 111 Å². The number of aromatic nitrogens is 2. The first-order valence-electron chi connectivity index (χ1n) is 42.0. The van der Waals surface area contributed by atoms with E-state index in [0.29, 0.717) is 0 Å². The third-order valence-electron chi connectivity index (χ3n) is 25.0. The molecule has 0 fully saturated rings. The van der Waals surface area contributed by atoms with Crippen molar-refractivity contribution in [1.29, 1.82) is 0 Å². The van der Waals surface area contributed by atoms with Gasteiger partial charge in [-0.05, 0) is 172 Å². The molecule has 2 atom stereocenters. The van der Waals surface area contributed by atoms with E-state index in [-0.39, 0.29) is 10.8 Å². The monoisotopic (exact) mass is 1580 g/mol. The highest BCUT2D eigenvalue weighted by Crippen LogP contribution is 2.41. The number of hydrogen-bond acceptors (Lipinski definition) is 3. The van der Waals surface area contributed by atoms with Crippen LogP contribution in [0.1, 0.15) is 70.7 Å². The number of nitrogens with zero attached hydrogens (tertiary/aromatic N) is 3. The van der Waals surface area contributed by atoms with Crippen molar-refractivity contribution >= 4 is 107 Å². The molecule has 0 radical (unpaired) electrons. The fourth-order valence-electron chi connectivity index (χ4n) is 19.0. The molecule has 19 aromatic rings. The molecule has 17 aromatic carbocycles. The Labute approximate surface area is 706 Å². The summed E-state index contributed by atoms with van der Waals surface area (Å²) in [7, 11) is -7.79.